The van der Waals surface area contributed by atoms with Crippen molar-refractivity contribution in [1.82, 2.24) is 4.98 Å². The highest BCUT2D eigenvalue weighted by Crippen LogP contribution is 2.38. The van der Waals surface area contributed by atoms with Crippen LogP contribution in [0.3, 0.4) is 0 Å². The Hall–Kier alpha value is -4.53. The van der Waals surface area contributed by atoms with Crippen LogP contribution in [0.15, 0.2) is 48.7 Å². The molecule has 0 spiro atoms. The lowest BCUT2D eigenvalue weighted by atomic mass is 10.1. The van der Waals surface area contributed by atoms with E-state index >= 15 is 0 Å². The third kappa shape index (κ3) is 5.44. The van der Waals surface area contributed by atoms with Crippen LogP contribution in [0.1, 0.15) is 32.0 Å². The van der Waals surface area contributed by atoms with Gasteiger partial charge in [0.2, 0.25) is 5.75 Å². The van der Waals surface area contributed by atoms with Crippen LogP contribution in [0.2, 0.25) is 0 Å². The minimum atomic E-state index is -0.666. The summed E-state index contributed by atoms with van der Waals surface area (Å²) < 4.78 is 21.5. The van der Waals surface area contributed by atoms with Crippen molar-refractivity contribution in [2.24, 2.45) is 5.73 Å². The van der Waals surface area contributed by atoms with Crippen LogP contribution in [0.4, 0.5) is 5.69 Å². The molecule has 0 saturated heterocycles. The lowest BCUT2D eigenvalue weighted by Crippen LogP contribution is -2.16. The Balaban J connectivity index is 1.86. The molecule has 0 radical (unpaired) electrons. The molecule has 3 aromatic rings. The number of pyridine rings is 1. The van der Waals surface area contributed by atoms with Crippen molar-refractivity contribution >= 4 is 29.7 Å². The van der Waals surface area contributed by atoms with Crippen molar-refractivity contribution in [3.63, 3.8) is 0 Å². The highest BCUT2D eigenvalue weighted by molar-refractivity contribution is 6.05. The molecule has 0 atom stereocenters. The number of carbonyl (C=O) groups is 2. The van der Waals surface area contributed by atoms with E-state index < -0.39 is 11.8 Å². The maximum atomic E-state index is 12.7. The maximum absolute atomic E-state index is 12.7. The first-order valence-corrected chi connectivity index (χ1v) is 10.1. The van der Waals surface area contributed by atoms with Gasteiger partial charge in [-0.2, -0.15) is 0 Å². The van der Waals surface area contributed by atoms with E-state index in [1.165, 1.54) is 25.4 Å². The molecule has 9 nitrogen and oxygen atoms in total. The summed E-state index contributed by atoms with van der Waals surface area (Å²) in [6.07, 6.45) is 5.04. The Morgan fingerprint density at radius 1 is 0.824 bits per heavy atom. The fourth-order valence-corrected chi connectivity index (χ4v) is 3.19. The average molecular weight is 463 g/mol. The Morgan fingerprint density at radius 2 is 1.47 bits per heavy atom. The van der Waals surface area contributed by atoms with Crippen LogP contribution in [0.5, 0.6) is 23.0 Å². The number of aromatic nitrogens is 1. The first-order chi connectivity index (χ1) is 16.4. The van der Waals surface area contributed by atoms with Crippen molar-refractivity contribution in [2.45, 2.75) is 0 Å². The first-order valence-electron chi connectivity index (χ1n) is 10.1. The highest BCUT2D eigenvalue weighted by Gasteiger charge is 2.13. The number of ether oxygens (including phenoxy) is 4. The number of nitrogens with zero attached hydrogens (tertiary/aromatic N) is 1. The molecule has 0 aliphatic rings. The fourth-order valence-electron chi connectivity index (χ4n) is 3.19. The standard InChI is InChI=1S/C25H25N3O6/c1-31-20-10-7-15(5-6-16-12-21(32-2)23(34-4)22(13-16)33-3)11-19(20)28-25(30)17-8-9-18(24(26)29)27-14-17/h5-14H,1-4H3,(H2,26,29)(H,28,30)/b6-5-. The van der Waals surface area contributed by atoms with Gasteiger partial charge < -0.3 is 30.0 Å². The van der Waals surface area contributed by atoms with E-state index in [9.17, 15) is 9.59 Å². The Kier molecular flexibility index (Phi) is 7.71. The normalized spacial score (nSPS) is 10.6. The van der Waals surface area contributed by atoms with E-state index in [2.05, 4.69) is 10.3 Å². The smallest absolute Gasteiger partial charge is 0.267 e. The number of methoxy groups -OCH3 is 4. The fraction of sp³-hybridized carbons (Fsp3) is 0.160. The SMILES string of the molecule is COc1ccc(/C=C\c2cc(OC)c(OC)c(OC)c2)cc1NC(=O)c1ccc(C(N)=O)nc1. The summed E-state index contributed by atoms with van der Waals surface area (Å²) in [4.78, 5) is 27.8. The van der Waals surface area contributed by atoms with Gasteiger partial charge in [-0.15, -0.1) is 0 Å². The van der Waals surface area contributed by atoms with Gasteiger partial charge in [0.25, 0.3) is 11.8 Å². The summed E-state index contributed by atoms with van der Waals surface area (Å²) in [5.41, 5.74) is 7.65. The lowest BCUT2D eigenvalue weighted by molar-refractivity contribution is 0.0990. The van der Waals surface area contributed by atoms with Crippen LogP contribution in [0.25, 0.3) is 12.2 Å². The second kappa shape index (κ2) is 10.9. The van der Waals surface area contributed by atoms with Crippen LogP contribution < -0.4 is 30.0 Å². The van der Waals surface area contributed by atoms with Crippen molar-refractivity contribution in [1.29, 1.82) is 0 Å². The zero-order valence-electron chi connectivity index (χ0n) is 19.2. The zero-order chi connectivity index (χ0) is 24.7. The molecule has 176 valence electrons. The third-order valence-electron chi connectivity index (χ3n) is 4.91. The molecule has 2 aromatic carbocycles. The summed E-state index contributed by atoms with van der Waals surface area (Å²) in [7, 11) is 6.17. The van der Waals surface area contributed by atoms with E-state index in [0.717, 1.165) is 11.1 Å². The molecular weight excluding hydrogens is 438 g/mol. The summed E-state index contributed by atoms with van der Waals surface area (Å²) in [6.45, 7) is 0. The minimum Gasteiger partial charge on any atom is -0.495 e. The molecule has 0 aliphatic heterocycles. The summed E-state index contributed by atoms with van der Waals surface area (Å²) >= 11 is 0. The molecule has 1 heterocycles. The van der Waals surface area contributed by atoms with Crippen LogP contribution in [-0.4, -0.2) is 45.2 Å². The molecular formula is C25H25N3O6. The highest BCUT2D eigenvalue weighted by atomic mass is 16.5. The largest absolute Gasteiger partial charge is 0.495 e. The van der Waals surface area contributed by atoms with Gasteiger partial charge in [0.1, 0.15) is 11.4 Å². The van der Waals surface area contributed by atoms with Gasteiger partial charge in [0.05, 0.1) is 39.7 Å². The van der Waals surface area contributed by atoms with E-state index in [4.69, 9.17) is 24.7 Å². The molecule has 3 N–H and O–H groups in total. The molecule has 2 amide bonds. The number of hydrogen-bond donors (Lipinski definition) is 2. The summed E-state index contributed by atoms with van der Waals surface area (Å²) in [6, 6.07) is 11.9. The number of benzene rings is 2. The predicted molar refractivity (Wildman–Crippen MR) is 129 cm³/mol. The monoisotopic (exact) mass is 463 g/mol. The molecule has 34 heavy (non-hydrogen) atoms. The first kappa shape index (κ1) is 24.1. The van der Waals surface area contributed by atoms with Gasteiger partial charge in [0.15, 0.2) is 11.5 Å². The average Bonchev–Trinajstić information content (AvgIpc) is 2.86. The Bertz CT molecular complexity index is 1200. The second-order valence-electron chi connectivity index (χ2n) is 7.00. The predicted octanol–water partition coefficient (Wildman–Crippen LogP) is 3.64. The second-order valence-corrected chi connectivity index (χ2v) is 7.00. The van der Waals surface area contributed by atoms with Crippen molar-refractivity contribution in [3.8, 4) is 23.0 Å². The zero-order valence-corrected chi connectivity index (χ0v) is 19.2. The van der Waals surface area contributed by atoms with Gasteiger partial charge >= 0.3 is 0 Å². The number of amides is 2. The number of primary amides is 1. The van der Waals surface area contributed by atoms with Gasteiger partial charge in [-0.05, 0) is 47.5 Å². The van der Waals surface area contributed by atoms with Crippen molar-refractivity contribution < 1.29 is 28.5 Å². The quantitative estimate of drug-likeness (QED) is 0.465. The number of nitrogens with two attached hydrogens (primary N) is 1. The number of carbonyl (C=O) groups excluding carboxylic acids is 2. The topological polar surface area (TPSA) is 122 Å². The van der Waals surface area contributed by atoms with E-state index in [1.54, 1.807) is 33.5 Å². The van der Waals surface area contributed by atoms with Gasteiger partial charge in [-0.3, -0.25) is 14.6 Å². The number of nitrogens with one attached hydrogen (secondary N) is 1. The van der Waals surface area contributed by atoms with Crippen molar-refractivity contribution in [2.75, 3.05) is 33.8 Å². The van der Waals surface area contributed by atoms with E-state index in [1.807, 2.05) is 30.4 Å². The molecule has 9 heteroatoms. The maximum Gasteiger partial charge on any atom is 0.267 e. The van der Waals surface area contributed by atoms with Gasteiger partial charge in [-0.1, -0.05) is 18.2 Å². The molecule has 0 fully saturated rings. The van der Waals surface area contributed by atoms with Crippen LogP contribution in [-0.2, 0) is 0 Å². The van der Waals surface area contributed by atoms with Gasteiger partial charge in [0, 0.05) is 6.20 Å². The number of hydrogen-bond acceptors (Lipinski definition) is 7. The number of anilines is 1. The molecule has 0 saturated carbocycles. The molecule has 0 aliphatic carbocycles. The van der Waals surface area contributed by atoms with E-state index in [0.29, 0.717) is 28.7 Å². The molecule has 1 aromatic heterocycles. The lowest BCUT2D eigenvalue weighted by Gasteiger charge is -2.13. The Labute approximate surface area is 197 Å². The minimum absolute atomic E-state index is 0.0769. The Morgan fingerprint density at radius 3 is 2.00 bits per heavy atom. The van der Waals surface area contributed by atoms with Crippen LogP contribution >= 0.6 is 0 Å². The molecule has 0 unspecified atom stereocenters. The van der Waals surface area contributed by atoms with Crippen LogP contribution in [0, 0.1) is 0 Å². The number of rotatable bonds is 9. The third-order valence-corrected chi connectivity index (χ3v) is 4.91. The summed E-state index contributed by atoms with van der Waals surface area (Å²) in [5.74, 6) is 1.00. The molecule has 0 bridgehead atoms. The molecule has 3 rings (SSSR count). The van der Waals surface area contributed by atoms with Gasteiger partial charge in [-0.25, -0.2) is 0 Å². The summed E-state index contributed by atoms with van der Waals surface area (Å²) in [5, 5.41) is 2.81. The van der Waals surface area contributed by atoms with E-state index in [-0.39, 0.29) is 11.3 Å². The van der Waals surface area contributed by atoms with Crippen molar-refractivity contribution in [3.05, 3.63) is 71.0 Å².